The Bertz CT molecular complexity index is 826. The summed E-state index contributed by atoms with van der Waals surface area (Å²) in [5.74, 6) is -1.55. The highest BCUT2D eigenvalue weighted by molar-refractivity contribution is 5.98. The van der Waals surface area contributed by atoms with Crippen molar-refractivity contribution in [3.63, 3.8) is 0 Å². The van der Waals surface area contributed by atoms with E-state index in [1.165, 1.54) is 19.2 Å². The predicted octanol–water partition coefficient (Wildman–Crippen LogP) is 3.70. The molecular formula is C19H22FNO5. The van der Waals surface area contributed by atoms with Crippen LogP contribution in [-0.4, -0.2) is 30.1 Å². The number of aromatic nitrogens is 1. The van der Waals surface area contributed by atoms with E-state index < -0.39 is 17.8 Å². The van der Waals surface area contributed by atoms with Gasteiger partial charge in [0.25, 0.3) is 0 Å². The molecule has 7 heteroatoms. The number of hydrogen-bond acceptors (Lipinski definition) is 5. The summed E-state index contributed by atoms with van der Waals surface area (Å²) in [6, 6.07) is 4.31. The number of ether oxygens (including phenoxy) is 3. The fourth-order valence-corrected chi connectivity index (χ4v) is 2.55. The van der Waals surface area contributed by atoms with Gasteiger partial charge in [-0.1, -0.05) is 6.07 Å². The summed E-state index contributed by atoms with van der Waals surface area (Å²) >= 11 is 0. The molecule has 2 aromatic rings. The van der Waals surface area contributed by atoms with Gasteiger partial charge in [-0.25, -0.2) is 14.0 Å². The first-order valence-corrected chi connectivity index (χ1v) is 8.14. The minimum Gasteiger partial charge on any atom is -0.494 e. The summed E-state index contributed by atoms with van der Waals surface area (Å²) in [4.78, 5) is 27.4. The van der Waals surface area contributed by atoms with E-state index in [1.54, 1.807) is 33.8 Å². The van der Waals surface area contributed by atoms with E-state index >= 15 is 0 Å². The lowest BCUT2D eigenvalue weighted by Gasteiger charge is -2.08. The molecule has 6 nitrogen and oxygen atoms in total. The molecule has 1 heterocycles. The first-order valence-electron chi connectivity index (χ1n) is 8.14. The number of halogens is 1. The van der Waals surface area contributed by atoms with Crippen molar-refractivity contribution in [2.45, 2.75) is 40.4 Å². The Morgan fingerprint density at radius 1 is 1.19 bits per heavy atom. The summed E-state index contributed by atoms with van der Waals surface area (Å²) in [5.41, 5.74) is 1.96. The third-order valence-electron chi connectivity index (χ3n) is 3.77. The van der Waals surface area contributed by atoms with E-state index in [-0.39, 0.29) is 24.2 Å². The molecule has 0 radical (unpaired) electrons. The van der Waals surface area contributed by atoms with Crippen molar-refractivity contribution in [2.24, 2.45) is 0 Å². The monoisotopic (exact) mass is 363 g/mol. The van der Waals surface area contributed by atoms with Crippen LogP contribution >= 0.6 is 0 Å². The predicted molar refractivity (Wildman–Crippen MR) is 92.9 cm³/mol. The first-order chi connectivity index (χ1) is 12.2. The smallest absolute Gasteiger partial charge is 0.355 e. The largest absolute Gasteiger partial charge is 0.494 e. The molecule has 0 aliphatic rings. The third kappa shape index (κ3) is 4.22. The number of methoxy groups -OCH3 is 1. The molecule has 1 N–H and O–H groups in total. The van der Waals surface area contributed by atoms with Gasteiger partial charge < -0.3 is 19.2 Å². The van der Waals surface area contributed by atoms with Crippen LogP contribution in [0.2, 0.25) is 0 Å². The zero-order chi connectivity index (χ0) is 19.4. The average molecular weight is 363 g/mol. The zero-order valence-corrected chi connectivity index (χ0v) is 15.4. The van der Waals surface area contributed by atoms with Crippen LogP contribution in [0.1, 0.15) is 51.5 Å². The Morgan fingerprint density at radius 2 is 1.88 bits per heavy atom. The summed E-state index contributed by atoms with van der Waals surface area (Å²) < 4.78 is 28.9. The Hall–Kier alpha value is -2.83. The van der Waals surface area contributed by atoms with Gasteiger partial charge in [0.15, 0.2) is 11.6 Å². The number of rotatable bonds is 6. The quantitative estimate of drug-likeness (QED) is 0.792. The maximum Gasteiger partial charge on any atom is 0.355 e. The molecule has 1 aromatic heterocycles. The highest BCUT2D eigenvalue weighted by atomic mass is 19.1. The molecule has 0 amide bonds. The molecular weight excluding hydrogens is 341 g/mol. The van der Waals surface area contributed by atoms with Crippen molar-refractivity contribution in [3.05, 3.63) is 52.1 Å². The van der Waals surface area contributed by atoms with Crippen LogP contribution in [0.4, 0.5) is 4.39 Å². The van der Waals surface area contributed by atoms with Crippen molar-refractivity contribution in [1.82, 2.24) is 4.98 Å². The van der Waals surface area contributed by atoms with Gasteiger partial charge >= 0.3 is 11.9 Å². The minimum atomic E-state index is -0.634. The van der Waals surface area contributed by atoms with Crippen molar-refractivity contribution in [3.8, 4) is 5.75 Å². The summed E-state index contributed by atoms with van der Waals surface area (Å²) in [6.45, 7) is 6.71. The van der Waals surface area contributed by atoms with Gasteiger partial charge in [0, 0.05) is 5.69 Å². The number of nitrogens with one attached hydrogen (secondary N) is 1. The molecule has 26 heavy (non-hydrogen) atoms. The molecule has 0 fully saturated rings. The van der Waals surface area contributed by atoms with Gasteiger partial charge in [0.1, 0.15) is 12.3 Å². The van der Waals surface area contributed by atoms with Crippen LogP contribution in [-0.2, 0) is 16.1 Å². The minimum absolute atomic E-state index is 0.108. The number of aromatic amines is 1. The second-order valence-electron chi connectivity index (χ2n) is 6.12. The van der Waals surface area contributed by atoms with E-state index in [2.05, 4.69) is 4.98 Å². The normalized spacial score (nSPS) is 10.7. The Kier molecular flexibility index (Phi) is 6.02. The molecule has 140 valence electrons. The van der Waals surface area contributed by atoms with E-state index in [0.29, 0.717) is 22.4 Å². The van der Waals surface area contributed by atoms with E-state index in [0.717, 1.165) is 0 Å². The van der Waals surface area contributed by atoms with Gasteiger partial charge in [-0.15, -0.1) is 0 Å². The second kappa shape index (κ2) is 8.03. The van der Waals surface area contributed by atoms with Crippen LogP contribution in [0.5, 0.6) is 5.75 Å². The Labute approximate surface area is 151 Å². The van der Waals surface area contributed by atoms with Crippen LogP contribution in [0.3, 0.4) is 0 Å². The zero-order valence-electron chi connectivity index (χ0n) is 15.4. The SMILES string of the molecule is COc1ccc(COC(=O)c2[nH]c(C)c(C(=O)OC(C)C)c2C)cc1F. The molecule has 2 rings (SSSR count). The van der Waals surface area contributed by atoms with Crippen LogP contribution < -0.4 is 4.74 Å². The Morgan fingerprint density at radius 3 is 2.46 bits per heavy atom. The topological polar surface area (TPSA) is 77.6 Å². The number of aryl methyl sites for hydroxylation is 1. The summed E-state index contributed by atoms with van der Waals surface area (Å²) in [5, 5.41) is 0. The molecule has 0 bridgehead atoms. The Balaban J connectivity index is 2.13. The maximum absolute atomic E-state index is 13.7. The van der Waals surface area contributed by atoms with E-state index in [1.807, 2.05) is 0 Å². The molecule has 1 aromatic carbocycles. The molecule has 0 saturated heterocycles. The van der Waals surface area contributed by atoms with E-state index in [9.17, 15) is 14.0 Å². The fourth-order valence-electron chi connectivity index (χ4n) is 2.55. The lowest BCUT2D eigenvalue weighted by atomic mass is 10.1. The lowest BCUT2D eigenvalue weighted by molar-refractivity contribution is 0.0376. The number of esters is 2. The number of carbonyl (C=O) groups is 2. The number of H-pyrrole nitrogens is 1. The molecule has 0 spiro atoms. The highest BCUT2D eigenvalue weighted by Crippen LogP contribution is 2.22. The molecule has 0 aliphatic carbocycles. The highest BCUT2D eigenvalue weighted by Gasteiger charge is 2.24. The van der Waals surface area contributed by atoms with Gasteiger partial charge in [0.05, 0.1) is 18.8 Å². The first kappa shape index (κ1) is 19.5. The maximum atomic E-state index is 13.7. The molecule has 0 aliphatic heterocycles. The molecule has 0 saturated carbocycles. The third-order valence-corrected chi connectivity index (χ3v) is 3.77. The average Bonchev–Trinajstić information content (AvgIpc) is 2.86. The summed E-state index contributed by atoms with van der Waals surface area (Å²) in [6.07, 6.45) is -0.267. The molecule has 0 unspecified atom stereocenters. The van der Waals surface area contributed by atoms with Gasteiger partial charge in [-0.05, 0) is 51.0 Å². The van der Waals surface area contributed by atoms with Crippen LogP contribution in [0.25, 0.3) is 0 Å². The van der Waals surface area contributed by atoms with Crippen molar-refractivity contribution < 1.29 is 28.2 Å². The number of carbonyl (C=O) groups excluding carboxylic acids is 2. The van der Waals surface area contributed by atoms with Gasteiger partial charge in [-0.3, -0.25) is 0 Å². The summed E-state index contributed by atoms with van der Waals surface area (Å²) in [7, 11) is 1.37. The number of benzene rings is 1. The van der Waals surface area contributed by atoms with Gasteiger partial charge in [0.2, 0.25) is 0 Å². The number of hydrogen-bond donors (Lipinski definition) is 1. The van der Waals surface area contributed by atoms with Crippen molar-refractivity contribution >= 4 is 11.9 Å². The lowest BCUT2D eigenvalue weighted by Crippen LogP contribution is -2.13. The molecule has 0 atom stereocenters. The second-order valence-corrected chi connectivity index (χ2v) is 6.12. The van der Waals surface area contributed by atoms with Gasteiger partial charge in [-0.2, -0.15) is 0 Å². The van der Waals surface area contributed by atoms with Crippen LogP contribution in [0.15, 0.2) is 18.2 Å². The van der Waals surface area contributed by atoms with E-state index in [4.69, 9.17) is 14.2 Å². The standard InChI is InChI=1S/C19H22FNO5/c1-10(2)26-18(22)16-11(3)17(21-12(16)4)19(23)25-9-13-6-7-15(24-5)14(20)8-13/h6-8,10,21H,9H2,1-5H3. The fraction of sp³-hybridized carbons (Fsp3) is 0.368. The van der Waals surface area contributed by atoms with Crippen LogP contribution in [0, 0.1) is 19.7 Å². The van der Waals surface area contributed by atoms with Crippen molar-refractivity contribution in [2.75, 3.05) is 7.11 Å². The van der Waals surface area contributed by atoms with Crippen molar-refractivity contribution in [1.29, 1.82) is 0 Å².